The minimum Gasteiger partial charge on any atom is -0.496 e. The van der Waals surface area contributed by atoms with Gasteiger partial charge < -0.3 is 14.5 Å². The van der Waals surface area contributed by atoms with Crippen LogP contribution in [0.3, 0.4) is 0 Å². The average molecular weight is 494 g/mol. The summed E-state index contributed by atoms with van der Waals surface area (Å²) in [5, 5.41) is 3.92. The van der Waals surface area contributed by atoms with Gasteiger partial charge in [-0.3, -0.25) is 14.1 Å². The van der Waals surface area contributed by atoms with Crippen LogP contribution < -0.4 is 10.1 Å². The van der Waals surface area contributed by atoms with Crippen LogP contribution in [0.15, 0.2) is 47.4 Å². The predicted molar refractivity (Wildman–Crippen MR) is 133 cm³/mol. The maximum atomic E-state index is 13.8. The number of unbranched alkanes of at least 4 members (excludes halogenated alkanes) is 2. The Kier molecular flexibility index (Phi) is 8.93. The second-order valence-electron chi connectivity index (χ2n) is 8.99. The number of ether oxygens (including phenoxy) is 1. The maximum absolute atomic E-state index is 13.8. The van der Waals surface area contributed by atoms with Gasteiger partial charge in [-0.25, -0.2) is 0 Å². The lowest BCUT2D eigenvalue weighted by Gasteiger charge is -2.37. The molecule has 2 atom stereocenters. The van der Waals surface area contributed by atoms with E-state index in [1.54, 1.807) is 6.07 Å². The van der Waals surface area contributed by atoms with Crippen LogP contribution in [-0.2, 0) is 21.5 Å². The zero-order valence-corrected chi connectivity index (χ0v) is 21.5. The zero-order valence-electron chi connectivity index (χ0n) is 19.8. The van der Waals surface area contributed by atoms with Gasteiger partial charge in [-0.05, 0) is 36.1 Å². The predicted octanol–water partition coefficient (Wildman–Crippen LogP) is 5.29. The van der Waals surface area contributed by atoms with E-state index in [1.807, 2.05) is 24.3 Å². The number of nitrogens with one attached hydrogen (secondary N) is 1. The fourth-order valence-corrected chi connectivity index (χ4v) is 7.12. The van der Waals surface area contributed by atoms with Gasteiger partial charge in [0.25, 0.3) is 0 Å². The molecule has 1 aliphatic rings. The summed E-state index contributed by atoms with van der Waals surface area (Å²) in [6.45, 7) is 4.34. The van der Waals surface area contributed by atoms with Crippen LogP contribution >= 0.6 is 7.60 Å². The summed E-state index contributed by atoms with van der Waals surface area (Å²) in [4.78, 5) is 19.8. The number of benzene rings is 2. The quantitative estimate of drug-likeness (QED) is 0.389. The van der Waals surface area contributed by atoms with Gasteiger partial charge in [0.15, 0.2) is 0 Å². The first-order valence-electron chi connectivity index (χ1n) is 11.7. The van der Waals surface area contributed by atoms with Crippen LogP contribution in [0.5, 0.6) is 5.75 Å². The van der Waals surface area contributed by atoms with E-state index >= 15 is 0 Å². The summed E-state index contributed by atoms with van der Waals surface area (Å²) in [6, 6.07) is 13.4. The second-order valence-corrected chi connectivity index (χ2v) is 12.1. The number of hydrogen-bond donors (Lipinski definition) is 3. The summed E-state index contributed by atoms with van der Waals surface area (Å²) in [5.74, 6) is 0.886. The first kappa shape index (κ1) is 26.1. The normalized spacial score (nSPS) is 20.2. The lowest BCUT2D eigenvalue weighted by Crippen LogP contribution is -2.50. The number of fused-ring (bicyclic) bond motifs is 1. The fourth-order valence-electron chi connectivity index (χ4n) is 4.68. The molecule has 1 aliphatic heterocycles. The maximum Gasteiger partial charge on any atom is 0.330 e. The molecule has 0 amide bonds. The average Bonchev–Trinajstić information content (AvgIpc) is 2.90. The molecule has 0 fully saturated rings. The standard InChI is InChI=1S/C25H36NO5PS/c1-4-6-13-25(14-7-5-2)18-33(30)23-15-20(17-32(27,28)29)22(31-3)16-21(23)24(26-25)19-11-9-8-10-12-19/h8-12,15-16,24,26H,4-7,13-14,17-18H2,1-3H3,(H2,27,28,29). The van der Waals surface area contributed by atoms with E-state index in [9.17, 15) is 18.6 Å². The Balaban J connectivity index is 2.19. The van der Waals surface area contributed by atoms with Crippen molar-refractivity contribution in [1.82, 2.24) is 5.32 Å². The molecule has 8 heteroatoms. The van der Waals surface area contributed by atoms with E-state index < -0.39 is 24.6 Å². The van der Waals surface area contributed by atoms with E-state index in [1.165, 1.54) is 7.11 Å². The van der Waals surface area contributed by atoms with Gasteiger partial charge in [0.2, 0.25) is 0 Å². The summed E-state index contributed by atoms with van der Waals surface area (Å²) in [5.41, 5.74) is 2.02. The zero-order chi connectivity index (χ0) is 24.1. The highest BCUT2D eigenvalue weighted by atomic mass is 32.2. The summed E-state index contributed by atoms with van der Waals surface area (Å²) >= 11 is 0. The third-order valence-corrected chi connectivity index (χ3v) is 8.77. The molecule has 2 unspecified atom stereocenters. The van der Waals surface area contributed by atoms with Crippen molar-refractivity contribution < 1.29 is 23.3 Å². The molecule has 0 aromatic heterocycles. The van der Waals surface area contributed by atoms with Gasteiger partial charge in [-0.2, -0.15) is 0 Å². The fraction of sp³-hybridized carbons (Fsp3) is 0.520. The van der Waals surface area contributed by atoms with Crippen LogP contribution in [0.2, 0.25) is 0 Å². The van der Waals surface area contributed by atoms with Crippen molar-refractivity contribution in [3.05, 3.63) is 59.2 Å². The molecule has 0 bridgehead atoms. The lowest BCUT2D eigenvalue weighted by atomic mass is 9.86. The molecule has 3 N–H and O–H groups in total. The molecule has 0 aliphatic carbocycles. The summed E-state index contributed by atoms with van der Waals surface area (Å²) < 4.78 is 31.1. The minimum absolute atomic E-state index is 0.195. The summed E-state index contributed by atoms with van der Waals surface area (Å²) in [7, 11) is -4.14. The Bertz CT molecular complexity index is 999. The Hall–Kier alpha value is -1.50. The second kappa shape index (κ2) is 11.3. The Morgan fingerprint density at radius 1 is 1.12 bits per heavy atom. The Labute approximate surface area is 199 Å². The molecule has 0 saturated carbocycles. The van der Waals surface area contributed by atoms with Crippen LogP contribution in [0.4, 0.5) is 0 Å². The highest BCUT2D eigenvalue weighted by Gasteiger charge is 2.39. The molecular weight excluding hydrogens is 457 g/mol. The van der Waals surface area contributed by atoms with Gasteiger partial charge in [-0.1, -0.05) is 69.9 Å². The van der Waals surface area contributed by atoms with Gasteiger partial charge in [0.1, 0.15) is 5.75 Å². The van der Waals surface area contributed by atoms with Crippen molar-refractivity contribution in [3.63, 3.8) is 0 Å². The first-order chi connectivity index (χ1) is 15.7. The SMILES string of the molecule is CCCCC1(CCCC)CS(=O)c2cc(CP(=O)(O)O)c(OC)cc2C(c2ccccc2)N1. The van der Waals surface area contributed by atoms with E-state index in [-0.39, 0.29) is 11.6 Å². The van der Waals surface area contributed by atoms with Crippen LogP contribution in [0, 0.1) is 0 Å². The molecule has 182 valence electrons. The van der Waals surface area contributed by atoms with Crippen LogP contribution in [0.25, 0.3) is 0 Å². The number of hydrogen-bond acceptors (Lipinski definition) is 4. The molecule has 0 saturated heterocycles. The highest BCUT2D eigenvalue weighted by Crippen LogP contribution is 2.45. The van der Waals surface area contributed by atoms with Crippen molar-refractivity contribution >= 4 is 18.4 Å². The molecule has 3 rings (SSSR count). The van der Waals surface area contributed by atoms with Crippen LogP contribution in [-0.4, -0.2) is 32.4 Å². The van der Waals surface area contributed by atoms with Gasteiger partial charge in [0.05, 0.1) is 30.1 Å². The third kappa shape index (κ3) is 6.55. The molecular formula is C25H36NO5PS. The largest absolute Gasteiger partial charge is 0.496 e. The third-order valence-electron chi connectivity index (χ3n) is 6.35. The van der Waals surface area contributed by atoms with Crippen molar-refractivity contribution in [3.8, 4) is 5.75 Å². The van der Waals surface area contributed by atoms with E-state index in [4.69, 9.17) is 4.74 Å². The smallest absolute Gasteiger partial charge is 0.330 e. The van der Waals surface area contributed by atoms with E-state index in [2.05, 4.69) is 31.3 Å². The number of rotatable bonds is 10. The topological polar surface area (TPSA) is 95.9 Å². The molecule has 0 radical (unpaired) electrons. The van der Waals surface area contributed by atoms with Crippen molar-refractivity contribution in [2.24, 2.45) is 0 Å². The first-order valence-corrected chi connectivity index (χ1v) is 14.8. The van der Waals surface area contributed by atoms with Gasteiger partial charge in [0, 0.05) is 21.8 Å². The number of methoxy groups -OCH3 is 1. The van der Waals surface area contributed by atoms with Crippen LogP contribution in [0.1, 0.15) is 75.1 Å². The van der Waals surface area contributed by atoms with E-state index in [0.29, 0.717) is 22.0 Å². The Morgan fingerprint density at radius 3 is 2.30 bits per heavy atom. The monoisotopic (exact) mass is 493 g/mol. The molecule has 0 spiro atoms. The van der Waals surface area contributed by atoms with Crippen molar-refractivity contribution in [2.45, 2.75) is 75.0 Å². The Morgan fingerprint density at radius 2 is 1.76 bits per heavy atom. The van der Waals surface area contributed by atoms with Crippen molar-refractivity contribution in [1.29, 1.82) is 0 Å². The molecule has 1 heterocycles. The molecule has 2 aromatic rings. The highest BCUT2D eigenvalue weighted by molar-refractivity contribution is 7.85. The lowest BCUT2D eigenvalue weighted by molar-refractivity contribution is 0.279. The van der Waals surface area contributed by atoms with Gasteiger partial charge >= 0.3 is 7.60 Å². The van der Waals surface area contributed by atoms with E-state index in [0.717, 1.165) is 49.7 Å². The van der Waals surface area contributed by atoms with Gasteiger partial charge in [-0.15, -0.1) is 0 Å². The summed E-state index contributed by atoms with van der Waals surface area (Å²) in [6.07, 6.45) is 5.62. The molecule has 6 nitrogen and oxygen atoms in total. The molecule has 2 aromatic carbocycles. The molecule has 33 heavy (non-hydrogen) atoms. The minimum atomic E-state index is -4.32. The van der Waals surface area contributed by atoms with Crippen molar-refractivity contribution in [2.75, 3.05) is 12.9 Å².